The van der Waals surface area contributed by atoms with Gasteiger partial charge in [0.2, 0.25) is 0 Å². The van der Waals surface area contributed by atoms with Gasteiger partial charge in [0, 0.05) is 12.6 Å². The molecule has 2 nitrogen and oxygen atoms in total. The average molecular weight is 129 g/mol. The molecule has 0 radical (unpaired) electrons. The van der Waals surface area contributed by atoms with Crippen molar-refractivity contribution in [3.8, 4) is 0 Å². The van der Waals surface area contributed by atoms with Crippen molar-refractivity contribution in [3.63, 3.8) is 0 Å². The highest BCUT2D eigenvalue weighted by Crippen LogP contribution is 2.13. The average Bonchev–Trinajstić information content (AvgIpc) is 1.88. The van der Waals surface area contributed by atoms with Crippen molar-refractivity contribution in [2.24, 2.45) is 5.73 Å². The molecule has 1 heterocycles. The lowest BCUT2D eigenvalue weighted by Gasteiger charge is -2.25. The number of rotatable bonds is 1. The molecule has 1 saturated heterocycles. The van der Waals surface area contributed by atoms with Gasteiger partial charge in [-0.2, -0.15) is 0 Å². The summed E-state index contributed by atoms with van der Waals surface area (Å²) in [6.07, 6.45) is 3.63. The van der Waals surface area contributed by atoms with E-state index < -0.39 is 0 Å². The fraction of sp³-hybridized carbons (Fsp3) is 1.00. The lowest BCUT2D eigenvalue weighted by atomic mass is 10.0. The van der Waals surface area contributed by atoms with Gasteiger partial charge in [-0.1, -0.05) is 6.92 Å². The number of ether oxygens (including phenoxy) is 1. The lowest BCUT2D eigenvalue weighted by Crippen LogP contribution is -2.34. The maximum atomic E-state index is 5.72. The molecule has 0 aliphatic carbocycles. The predicted molar refractivity (Wildman–Crippen MR) is 37.2 cm³/mol. The maximum Gasteiger partial charge on any atom is 0.0587 e. The third kappa shape index (κ3) is 1.95. The summed E-state index contributed by atoms with van der Waals surface area (Å²) in [6.45, 7) is 3.00. The molecule has 0 amide bonds. The first-order valence-corrected chi connectivity index (χ1v) is 3.70. The van der Waals surface area contributed by atoms with Gasteiger partial charge in [0.25, 0.3) is 0 Å². The van der Waals surface area contributed by atoms with Gasteiger partial charge in [-0.05, 0) is 19.3 Å². The van der Waals surface area contributed by atoms with E-state index >= 15 is 0 Å². The van der Waals surface area contributed by atoms with Crippen molar-refractivity contribution >= 4 is 0 Å². The maximum absolute atomic E-state index is 5.72. The summed E-state index contributed by atoms with van der Waals surface area (Å²) in [4.78, 5) is 0. The third-order valence-corrected chi connectivity index (χ3v) is 1.86. The second-order valence-corrected chi connectivity index (χ2v) is 2.69. The van der Waals surface area contributed by atoms with Gasteiger partial charge in [0.1, 0.15) is 0 Å². The molecule has 2 N–H and O–H groups in total. The van der Waals surface area contributed by atoms with Gasteiger partial charge >= 0.3 is 0 Å². The lowest BCUT2D eigenvalue weighted by molar-refractivity contribution is 0.00622. The van der Waals surface area contributed by atoms with Gasteiger partial charge in [0.15, 0.2) is 0 Å². The van der Waals surface area contributed by atoms with Crippen LogP contribution in [0.2, 0.25) is 0 Å². The largest absolute Gasteiger partial charge is 0.378 e. The Bertz CT molecular complexity index is 85.0. The fourth-order valence-corrected chi connectivity index (χ4v) is 1.19. The van der Waals surface area contributed by atoms with Crippen LogP contribution >= 0.6 is 0 Å². The van der Waals surface area contributed by atoms with E-state index in [0.717, 1.165) is 25.9 Å². The highest BCUT2D eigenvalue weighted by Gasteiger charge is 2.17. The molecule has 1 fully saturated rings. The molecule has 2 atom stereocenters. The van der Waals surface area contributed by atoms with Gasteiger partial charge in [-0.3, -0.25) is 0 Å². The van der Waals surface area contributed by atoms with Crippen molar-refractivity contribution in [2.45, 2.75) is 38.3 Å². The fourth-order valence-electron chi connectivity index (χ4n) is 1.19. The van der Waals surface area contributed by atoms with Crippen molar-refractivity contribution in [1.82, 2.24) is 0 Å². The highest BCUT2D eigenvalue weighted by atomic mass is 16.5. The third-order valence-electron chi connectivity index (χ3n) is 1.86. The van der Waals surface area contributed by atoms with E-state index in [1.807, 2.05) is 0 Å². The summed E-state index contributed by atoms with van der Waals surface area (Å²) in [5.74, 6) is 0. The normalized spacial score (nSPS) is 36.7. The molecule has 0 aromatic rings. The number of hydrogen-bond acceptors (Lipinski definition) is 2. The molecule has 54 valence electrons. The Kier molecular flexibility index (Phi) is 2.49. The molecule has 1 rings (SSSR count). The summed E-state index contributed by atoms with van der Waals surface area (Å²) in [5.41, 5.74) is 5.72. The topological polar surface area (TPSA) is 35.2 Å². The summed E-state index contributed by atoms with van der Waals surface area (Å²) < 4.78 is 5.42. The zero-order valence-corrected chi connectivity index (χ0v) is 5.97. The predicted octanol–water partition coefficient (Wildman–Crippen LogP) is 0.903. The Hall–Kier alpha value is -0.0800. The first kappa shape index (κ1) is 7.03. The smallest absolute Gasteiger partial charge is 0.0587 e. The van der Waals surface area contributed by atoms with Crippen LogP contribution in [0, 0.1) is 0 Å². The van der Waals surface area contributed by atoms with Crippen LogP contribution < -0.4 is 5.73 Å². The number of nitrogens with two attached hydrogens (primary N) is 1. The molecular weight excluding hydrogens is 114 g/mol. The Labute approximate surface area is 56.4 Å². The van der Waals surface area contributed by atoms with Crippen LogP contribution in [0.4, 0.5) is 0 Å². The van der Waals surface area contributed by atoms with Gasteiger partial charge in [-0.25, -0.2) is 0 Å². The summed E-state index contributed by atoms with van der Waals surface area (Å²) in [5, 5.41) is 0. The van der Waals surface area contributed by atoms with Crippen LogP contribution in [0.1, 0.15) is 26.2 Å². The van der Waals surface area contributed by atoms with Gasteiger partial charge in [-0.15, -0.1) is 0 Å². The Morgan fingerprint density at radius 3 is 2.89 bits per heavy atom. The molecule has 0 saturated carbocycles. The summed E-state index contributed by atoms with van der Waals surface area (Å²) in [6, 6.07) is 0.392. The molecule has 1 aliphatic heterocycles. The molecular formula is C7H15NO. The van der Waals surface area contributed by atoms with E-state index in [1.54, 1.807) is 0 Å². The standard InChI is InChI=1S/C7H15NO/c1-2-7-5-6(8)3-4-9-7/h6-7H,2-5,8H2,1H3. The van der Waals surface area contributed by atoms with E-state index in [9.17, 15) is 0 Å². The summed E-state index contributed by atoms with van der Waals surface area (Å²) in [7, 11) is 0. The van der Waals surface area contributed by atoms with Crippen molar-refractivity contribution in [2.75, 3.05) is 6.61 Å². The van der Waals surface area contributed by atoms with Crippen molar-refractivity contribution < 1.29 is 4.74 Å². The Morgan fingerprint density at radius 1 is 1.67 bits per heavy atom. The monoisotopic (exact) mass is 129 g/mol. The molecule has 0 aromatic carbocycles. The van der Waals surface area contributed by atoms with E-state index in [4.69, 9.17) is 10.5 Å². The highest BCUT2D eigenvalue weighted by molar-refractivity contribution is 4.71. The molecule has 1 aliphatic rings. The van der Waals surface area contributed by atoms with Gasteiger partial charge in [0.05, 0.1) is 6.10 Å². The second-order valence-electron chi connectivity index (χ2n) is 2.69. The van der Waals surface area contributed by atoms with Crippen LogP contribution in [0.15, 0.2) is 0 Å². The SMILES string of the molecule is CCC1CC(N)CCO1. The van der Waals surface area contributed by atoms with Gasteiger partial charge < -0.3 is 10.5 Å². The zero-order valence-electron chi connectivity index (χ0n) is 5.97. The van der Waals surface area contributed by atoms with Crippen LogP contribution in [0.5, 0.6) is 0 Å². The van der Waals surface area contributed by atoms with Crippen LogP contribution in [0.25, 0.3) is 0 Å². The first-order chi connectivity index (χ1) is 4.33. The molecule has 0 bridgehead atoms. The van der Waals surface area contributed by atoms with Crippen molar-refractivity contribution in [3.05, 3.63) is 0 Å². The van der Waals surface area contributed by atoms with Crippen LogP contribution in [-0.4, -0.2) is 18.8 Å². The van der Waals surface area contributed by atoms with E-state index in [-0.39, 0.29) is 0 Å². The van der Waals surface area contributed by atoms with Crippen molar-refractivity contribution in [1.29, 1.82) is 0 Å². The second kappa shape index (κ2) is 3.18. The summed E-state index contributed by atoms with van der Waals surface area (Å²) >= 11 is 0. The zero-order chi connectivity index (χ0) is 6.69. The molecule has 9 heavy (non-hydrogen) atoms. The Balaban J connectivity index is 2.23. The molecule has 0 spiro atoms. The van der Waals surface area contributed by atoms with E-state index in [2.05, 4.69) is 6.92 Å². The van der Waals surface area contributed by atoms with Crippen LogP contribution in [0.3, 0.4) is 0 Å². The molecule has 0 aromatic heterocycles. The van der Waals surface area contributed by atoms with E-state index in [1.165, 1.54) is 0 Å². The van der Waals surface area contributed by atoms with Crippen LogP contribution in [-0.2, 0) is 4.74 Å². The minimum Gasteiger partial charge on any atom is -0.378 e. The number of hydrogen-bond donors (Lipinski definition) is 1. The first-order valence-electron chi connectivity index (χ1n) is 3.70. The van der Waals surface area contributed by atoms with E-state index in [0.29, 0.717) is 12.1 Å². The molecule has 2 unspecified atom stereocenters. The quantitative estimate of drug-likeness (QED) is 0.571. The Morgan fingerprint density at radius 2 is 2.44 bits per heavy atom. The minimum atomic E-state index is 0.392. The minimum absolute atomic E-state index is 0.392. The molecule has 2 heteroatoms.